The van der Waals surface area contributed by atoms with Gasteiger partial charge in [0.05, 0.1) is 17.0 Å². The molecule has 38 heavy (non-hydrogen) atoms. The number of hydrogen-bond acceptors (Lipinski definition) is 5. The highest BCUT2D eigenvalue weighted by Gasteiger charge is 2.56. The fraction of sp³-hybridized carbons (Fsp3) is 0.345. The minimum Gasteiger partial charge on any atom is -0.330 e. The van der Waals surface area contributed by atoms with Gasteiger partial charge in [-0.1, -0.05) is 48.0 Å². The Morgan fingerprint density at radius 1 is 1.26 bits per heavy atom. The average Bonchev–Trinajstić information content (AvgIpc) is 3.44. The molecular weight excluding hydrogens is 546 g/mol. The molecule has 0 radical (unpaired) electrons. The lowest BCUT2D eigenvalue weighted by atomic mass is 9.80. The number of nitrogens with zero attached hydrogens (tertiary/aromatic N) is 4. The van der Waals surface area contributed by atoms with Crippen LogP contribution in [0.25, 0.3) is 10.9 Å². The Bertz CT molecular complexity index is 1500. The number of carbonyl (C=O) groups is 3. The number of halogens is 1. The highest BCUT2D eigenvalue weighted by molar-refractivity contribution is 9.10. The molecule has 1 spiro atoms. The van der Waals surface area contributed by atoms with E-state index < -0.39 is 17.5 Å². The zero-order valence-electron chi connectivity index (χ0n) is 21.4. The Hall–Kier alpha value is -3.77. The monoisotopic (exact) mass is 573 g/mol. The molecule has 0 aliphatic carbocycles. The minimum atomic E-state index is -0.977. The van der Waals surface area contributed by atoms with E-state index in [1.54, 1.807) is 31.4 Å². The van der Waals surface area contributed by atoms with Crippen LogP contribution in [-0.2, 0) is 15.0 Å². The zero-order chi connectivity index (χ0) is 27.2. The molecule has 194 valence electrons. The van der Waals surface area contributed by atoms with Gasteiger partial charge in [-0.05, 0) is 48.2 Å². The Morgan fingerprint density at radius 2 is 2.03 bits per heavy atom. The van der Waals surface area contributed by atoms with Crippen molar-refractivity contribution in [3.05, 3.63) is 70.3 Å². The van der Waals surface area contributed by atoms with E-state index in [0.29, 0.717) is 17.7 Å². The van der Waals surface area contributed by atoms with Crippen LogP contribution in [0.2, 0.25) is 0 Å². The quantitative estimate of drug-likeness (QED) is 0.483. The summed E-state index contributed by atoms with van der Waals surface area (Å²) in [6.07, 6.45) is 2.33. The molecule has 0 bridgehead atoms. The van der Waals surface area contributed by atoms with Crippen molar-refractivity contribution in [2.24, 2.45) is 5.92 Å². The smallest absolute Gasteiger partial charge is 0.254 e. The van der Waals surface area contributed by atoms with Gasteiger partial charge in [-0.25, -0.2) is 0 Å². The standard InChI is InChI=1S/C29H28BrN5O3/c1-17(2)12-25(34(3)26(36)18-8-9-23-20(13-18)22(30)10-11-32-23)27(37)35-16-29(14-19(35)15-31)21-6-4-5-7-24(21)33-28(29)38/h4-11,13,17,19,25H,12,14,16H2,1-3H3,(H,33,38)/t19-,25-,29-/m0/s1. The Morgan fingerprint density at radius 3 is 2.76 bits per heavy atom. The van der Waals surface area contributed by atoms with Crippen LogP contribution in [0.3, 0.4) is 0 Å². The second-order valence-electron chi connectivity index (χ2n) is 10.5. The summed E-state index contributed by atoms with van der Waals surface area (Å²) in [5.74, 6) is -0.706. The number of likely N-dealkylation sites (tertiary alicyclic amines) is 1. The number of para-hydroxylation sites is 1. The summed E-state index contributed by atoms with van der Waals surface area (Å²) in [6.45, 7) is 4.08. The summed E-state index contributed by atoms with van der Waals surface area (Å²) in [6, 6.07) is 15.2. The third kappa shape index (κ3) is 4.23. The molecule has 3 amide bonds. The third-order valence-corrected chi connectivity index (χ3v) is 8.31. The first-order chi connectivity index (χ1) is 18.2. The number of likely N-dealkylation sites (N-methyl/N-ethyl adjacent to an activating group) is 1. The van der Waals surface area contributed by atoms with Crippen molar-refractivity contribution in [2.45, 2.75) is 44.2 Å². The summed E-state index contributed by atoms with van der Waals surface area (Å²) in [5, 5.41) is 13.7. The van der Waals surface area contributed by atoms with Crippen molar-refractivity contribution >= 4 is 50.2 Å². The number of rotatable bonds is 5. The first kappa shape index (κ1) is 25.9. The van der Waals surface area contributed by atoms with Crippen LogP contribution in [0.15, 0.2) is 59.2 Å². The van der Waals surface area contributed by atoms with Gasteiger partial charge in [-0.3, -0.25) is 19.4 Å². The Balaban J connectivity index is 1.46. The fourth-order valence-corrected chi connectivity index (χ4v) is 6.08. The molecule has 1 aromatic heterocycles. The predicted molar refractivity (Wildman–Crippen MR) is 147 cm³/mol. The lowest BCUT2D eigenvalue weighted by Crippen LogP contribution is -2.52. The molecule has 5 rings (SSSR count). The van der Waals surface area contributed by atoms with Gasteiger partial charge >= 0.3 is 0 Å². The second-order valence-corrected chi connectivity index (χ2v) is 11.3. The topological polar surface area (TPSA) is 106 Å². The molecule has 1 saturated heterocycles. The highest BCUT2D eigenvalue weighted by Crippen LogP contribution is 2.46. The van der Waals surface area contributed by atoms with E-state index in [2.05, 4.69) is 32.3 Å². The van der Waals surface area contributed by atoms with Crippen molar-refractivity contribution in [1.82, 2.24) is 14.8 Å². The number of amides is 3. The lowest BCUT2D eigenvalue weighted by Gasteiger charge is -2.33. The predicted octanol–water partition coefficient (Wildman–Crippen LogP) is 4.50. The minimum absolute atomic E-state index is 0.0954. The van der Waals surface area contributed by atoms with Crippen LogP contribution < -0.4 is 5.32 Å². The third-order valence-electron chi connectivity index (χ3n) is 7.62. The van der Waals surface area contributed by atoms with E-state index in [-0.39, 0.29) is 36.6 Å². The van der Waals surface area contributed by atoms with Gasteiger partial charge in [0.2, 0.25) is 11.8 Å². The molecule has 3 heterocycles. The van der Waals surface area contributed by atoms with Crippen LogP contribution in [-0.4, -0.2) is 58.2 Å². The number of pyridine rings is 1. The number of carbonyl (C=O) groups excluding carboxylic acids is 3. The normalized spacial score (nSPS) is 20.9. The second kappa shape index (κ2) is 9.84. The van der Waals surface area contributed by atoms with E-state index in [9.17, 15) is 19.6 Å². The number of nitrogens with one attached hydrogen (secondary N) is 1. The molecule has 2 aromatic carbocycles. The van der Waals surface area contributed by atoms with Gasteiger partial charge in [-0.2, -0.15) is 5.26 Å². The van der Waals surface area contributed by atoms with Crippen LogP contribution in [0.1, 0.15) is 42.6 Å². The van der Waals surface area contributed by atoms with Gasteiger partial charge in [0, 0.05) is 47.3 Å². The van der Waals surface area contributed by atoms with Crippen molar-refractivity contribution in [3.63, 3.8) is 0 Å². The number of aromatic nitrogens is 1. The van der Waals surface area contributed by atoms with E-state index in [1.165, 1.54) is 9.80 Å². The Labute approximate surface area is 229 Å². The van der Waals surface area contributed by atoms with Gasteiger partial charge in [-0.15, -0.1) is 0 Å². The molecule has 2 aliphatic rings. The van der Waals surface area contributed by atoms with E-state index in [4.69, 9.17) is 0 Å². The van der Waals surface area contributed by atoms with Crippen LogP contribution in [0, 0.1) is 17.2 Å². The van der Waals surface area contributed by atoms with E-state index >= 15 is 0 Å². The van der Waals surface area contributed by atoms with Gasteiger partial charge in [0.15, 0.2) is 0 Å². The van der Waals surface area contributed by atoms with Crippen molar-refractivity contribution in [1.29, 1.82) is 5.26 Å². The maximum Gasteiger partial charge on any atom is 0.254 e. The molecule has 0 unspecified atom stereocenters. The number of benzene rings is 2. The molecule has 3 atom stereocenters. The zero-order valence-corrected chi connectivity index (χ0v) is 23.0. The summed E-state index contributed by atoms with van der Waals surface area (Å²) < 4.78 is 0.823. The summed E-state index contributed by atoms with van der Waals surface area (Å²) in [4.78, 5) is 48.2. The first-order valence-corrected chi connectivity index (χ1v) is 13.4. The summed E-state index contributed by atoms with van der Waals surface area (Å²) in [7, 11) is 1.63. The fourth-order valence-electron chi connectivity index (χ4n) is 5.64. The highest BCUT2D eigenvalue weighted by atomic mass is 79.9. The molecular formula is C29H28BrN5O3. The van der Waals surface area contributed by atoms with E-state index in [0.717, 1.165) is 20.9 Å². The number of hydrogen-bond donors (Lipinski definition) is 1. The number of nitriles is 1. The average molecular weight is 574 g/mol. The molecule has 1 fully saturated rings. The maximum atomic E-state index is 14.1. The van der Waals surface area contributed by atoms with Crippen LogP contribution >= 0.6 is 15.9 Å². The maximum absolute atomic E-state index is 14.1. The Kier molecular flexibility index (Phi) is 6.70. The lowest BCUT2D eigenvalue weighted by molar-refractivity contribution is -0.136. The number of anilines is 1. The van der Waals surface area contributed by atoms with Crippen LogP contribution in [0.4, 0.5) is 5.69 Å². The van der Waals surface area contributed by atoms with Crippen molar-refractivity contribution in [2.75, 3.05) is 18.9 Å². The van der Waals surface area contributed by atoms with E-state index in [1.807, 2.05) is 44.2 Å². The number of fused-ring (bicyclic) bond motifs is 3. The van der Waals surface area contributed by atoms with Gasteiger partial charge < -0.3 is 15.1 Å². The molecule has 8 nitrogen and oxygen atoms in total. The molecule has 9 heteroatoms. The van der Waals surface area contributed by atoms with Crippen LogP contribution in [0.5, 0.6) is 0 Å². The SMILES string of the molecule is CC(C)C[C@@H](C(=O)N1C[C@]2(C[C@H]1C#N)C(=O)Nc1ccccc12)N(C)C(=O)c1ccc2nccc(Br)c2c1. The molecule has 3 aromatic rings. The first-order valence-electron chi connectivity index (χ1n) is 12.6. The van der Waals surface area contributed by atoms with Crippen molar-refractivity contribution < 1.29 is 14.4 Å². The van der Waals surface area contributed by atoms with Crippen molar-refractivity contribution in [3.8, 4) is 6.07 Å². The molecule has 1 N–H and O–H groups in total. The molecule has 0 saturated carbocycles. The molecule has 2 aliphatic heterocycles. The summed E-state index contributed by atoms with van der Waals surface area (Å²) in [5.41, 5.74) is 1.74. The summed E-state index contributed by atoms with van der Waals surface area (Å²) >= 11 is 3.52. The largest absolute Gasteiger partial charge is 0.330 e. The van der Waals surface area contributed by atoms with Gasteiger partial charge in [0.1, 0.15) is 12.1 Å². The van der Waals surface area contributed by atoms with Gasteiger partial charge in [0.25, 0.3) is 5.91 Å².